The van der Waals surface area contributed by atoms with E-state index in [1.807, 2.05) is 0 Å². The van der Waals surface area contributed by atoms with E-state index in [9.17, 15) is 0 Å². The summed E-state index contributed by atoms with van der Waals surface area (Å²) in [4.78, 5) is 5.83. The van der Waals surface area contributed by atoms with E-state index in [4.69, 9.17) is 0 Å². The van der Waals surface area contributed by atoms with Crippen molar-refractivity contribution in [2.75, 3.05) is 5.32 Å². The minimum atomic E-state index is 0.309. The second-order valence-corrected chi connectivity index (χ2v) is 5.79. The standard InChI is InChI=1S/C15H20N2S/c1-5-13-8-6-7-9-14(13)17-11(3)15-10(2)16-12(4)18-15/h6-9,11,17H,5H2,1-4H3. The molecule has 0 saturated carbocycles. The second-order valence-electron chi connectivity index (χ2n) is 4.56. The van der Waals surface area contributed by atoms with Gasteiger partial charge in [0, 0.05) is 10.6 Å². The third kappa shape index (κ3) is 2.72. The van der Waals surface area contributed by atoms with E-state index in [-0.39, 0.29) is 0 Å². The van der Waals surface area contributed by atoms with Crippen LogP contribution in [0.5, 0.6) is 0 Å². The number of hydrogen-bond acceptors (Lipinski definition) is 3. The molecule has 0 saturated heterocycles. The molecule has 0 spiro atoms. The topological polar surface area (TPSA) is 24.9 Å². The Morgan fingerprint density at radius 1 is 1.28 bits per heavy atom. The Bertz CT molecular complexity index is 531. The zero-order valence-corrected chi connectivity index (χ0v) is 12.3. The molecular weight excluding hydrogens is 240 g/mol. The smallest absolute Gasteiger partial charge is 0.0900 e. The van der Waals surface area contributed by atoms with Gasteiger partial charge < -0.3 is 5.32 Å². The molecule has 96 valence electrons. The highest BCUT2D eigenvalue weighted by Gasteiger charge is 2.13. The van der Waals surface area contributed by atoms with E-state index < -0.39 is 0 Å². The van der Waals surface area contributed by atoms with Crippen LogP contribution in [0.1, 0.15) is 41.0 Å². The molecule has 0 radical (unpaired) electrons. The Kier molecular flexibility index (Phi) is 4.02. The first kappa shape index (κ1) is 13.1. The fraction of sp³-hybridized carbons (Fsp3) is 0.400. The molecule has 3 heteroatoms. The minimum absolute atomic E-state index is 0.309. The molecule has 2 nitrogen and oxygen atoms in total. The number of anilines is 1. The van der Waals surface area contributed by atoms with Gasteiger partial charge in [-0.3, -0.25) is 0 Å². The van der Waals surface area contributed by atoms with Crippen LogP contribution in [-0.4, -0.2) is 4.98 Å². The first-order valence-electron chi connectivity index (χ1n) is 6.40. The van der Waals surface area contributed by atoms with E-state index in [0.717, 1.165) is 17.1 Å². The van der Waals surface area contributed by atoms with Crippen LogP contribution < -0.4 is 5.32 Å². The molecule has 0 aliphatic heterocycles. The van der Waals surface area contributed by atoms with Crippen LogP contribution in [0, 0.1) is 13.8 Å². The summed E-state index contributed by atoms with van der Waals surface area (Å²) < 4.78 is 0. The van der Waals surface area contributed by atoms with Gasteiger partial charge in [-0.15, -0.1) is 11.3 Å². The zero-order valence-electron chi connectivity index (χ0n) is 11.4. The maximum absolute atomic E-state index is 4.49. The van der Waals surface area contributed by atoms with Crippen molar-refractivity contribution in [3.8, 4) is 0 Å². The maximum atomic E-state index is 4.49. The highest BCUT2D eigenvalue weighted by molar-refractivity contribution is 7.11. The van der Waals surface area contributed by atoms with Gasteiger partial charge in [-0.25, -0.2) is 4.98 Å². The molecule has 0 amide bonds. The summed E-state index contributed by atoms with van der Waals surface area (Å²) in [5, 5.41) is 4.74. The number of thiazole rings is 1. The summed E-state index contributed by atoms with van der Waals surface area (Å²) in [6.07, 6.45) is 1.05. The SMILES string of the molecule is CCc1ccccc1NC(C)c1sc(C)nc1C. The summed E-state index contributed by atoms with van der Waals surface area (Å²) in [6, 6.07) is 8.82. The molecule has 1 heterocycles. The molecule has 1 atom stereocenters. The predicted octanol–water partition coefficient (Wildman–Crippen LogP) is 4.50. The zero-order chi connectivity index (χ0) is 13.1. The molecule has 1 unspecified atom stereocenters. The normalized spacial score (nSPS) is 12.4. The van der Waals surface area contributed by atoms with Gasteiger partial charge in [0.15, 0.2) is 0 Å². The third-order valence-corrected chi connectivity index (χ3v) is 4.36. The summed E-state index contributed by atoms with van der Waals surface area (Å²) in [5.74, 6) is 0. The second kappa shape index (κ2) is 5.53. The molecule has 0 aliphatic rings. The molecule has 0 bridgehead atoms. The Hall–Kier alpha value is -1.35. The lowest BCUT2D eigenvalue weighted by molar-refractivity contribution is 0.884. The van der Waals surface area contributed by atoms with E-state index in [0.29, 0.717) is 6.04 Å². The largest absolute Gasteiger partial charge is 0.377 e. The summed E-state index contributed by atoms with van der Waals surface area (Å²) in [7, 11) is 0. The number of rotatable bonds is 4. The number of para-hydroxylation sites is 1. The lowest BCUT2D eigenvalue weighted by atomic mass is 10.1. The molecule has 1 N–H and O–H groups in total. The van der Waals surface area contributed by atoms with Gasteiger partial charge in [-0.1, -0.05) is 25.1 Å². The lowest BCUT2D eigenvalue weighted by Crippen LogP contribution is -2.08. The molecule has 0 aliphatic carbocycles. The molecule has 2 rings (SSSR count). The van der Waals surface area contributed by atoms with Crippen LogP contribution in [0.2, 0.25) is 0 Å². The number of hydrogen-bond donors (Lipinski definition) is 1. The number of aromatic nitrogens is 1. The van der Waals surface area contributed by atoms with Gasteiger partial charge in [0.25, 0.3) is 0 Å². The van der Waals surface area contributed by atoms with Crippen LogP contribution in [0.25, 0.3) is 0 Å². The number of nitrogens with zero attached hydrogens (tertiary/aromatic N) is 1. The van der Waals surface area contributed by atoms with Crippen molar-refractivity contribution in [2.24, 2.45) is 0 Å². The molecule has 18 heavy (non-hydrogen) atoms. The summed E-state index contributed by atoms with van der Waals surface area (Å²) >= 11 is 1.78. The van der Waals surface area contributed by atoms with Gasteiger partial charge in [0.2, 0.25) is 0 Å². The minimum Gasteiger partial charge on any atom is -0.377 e. The molecule has 2 aromatic rings. The highest BCUT2D eigenvalue weighted by Crippen LogP contribution is 2.28. The number of aryl methyl sites for hydroxylation is 3. The maximum Gasteiger partial charge on any atom is 0.0900 e. The highest BCUT2D eigenvalue weighted by atomic mass is 32.1. The molecule has 1 aromatic carbocycles. The molecular formula is C15H20N2S. The summed E-state index contributed by atoms with van der Waals surface area (Å²) in [5.41, 5.74) is 3.74. The van der Waals surface area contributed by atoms with Crippen LogP contribution in [-0.2, 0) is 6.42 Å². The van der Waals surface area contributed by atoms with Crippen LogP contribution >= 0.6 is 11.3 Å². The first-order chi connectivity index (χ1) is 8.61. The predicted molar refractivity (Wildman–Crippen MR) is 79.4 cm³/mol. The van der Waals surface area contributed by atoms with E-state index in [1.165, 1.54) is 16.1 Å². The van der Waals surface area contributed by atoms with Crippen molar-refractivity contribution < 1.29 is 0 Å². The van der Waals surface area contributed by atoms with Crippen molar-refractivity contribution in [2.45, 2.75) is 40.2 Å². The Labute approximate surface area is 113 Å². The van der Waals surface area contributed by atoms with Gasteiger partial charge >= 0.3 is 0 Å². The van der Waals surface area contributed by atoms with E-state index in [2.05, 4.69) is 62.3 Å². The van der Waals surface area contributed by atoms with Crippen molar-refractivity contribution in [3.05, 3.63) is 45.4 Å². The van der Waals surface area contributed by atoms with Crippen molar-refractivity contribution in [1.82, 2.24) is 4.98 Å². The van der Waals surface area contributed by atoms with Crippen LogP contribution in [0.4, 0.5) is 5.69 Å². The Morgan fingerprint density at radius 3 is 2.61 bits per heavy atom. The van der Waals surface area contributed by atoms with Gasteiger partial charge in [0.05, 0.1) is 16.7 Å². The third-order valence-electron chi connectivity index (χ3n) is 3.10. The number of benzene rings is 1. The quantitative estimate of drug-likeness (QED) is 0.875. The first-order valence-corrected chi connectivity index (χ1v) is 7.21. The number of nitrogens with one attached hydrogen (secondary N) is 1. The van der Waals surface area contributed by atoms with Crippen molar-refractivity contribution in [1.29, 1.82) is 0 Å². The van der Waals surface area contributed by atoms with Gasteiger partial charge in [-0.2, -0.15) is 0 Å². The van der Waals surface area contributed by atoms with Gasteiger partial charge in [0.1, 0.15) is 0 Å². The van der Waals surface area contributed by atoms with Crippen LogP contribution in [0.15, 0.2) is 24.3 Å². The van der Waals surface area contributed by atoms with E-state index in [1.54, 1.807) is 11.3 Å². The van der Waals surface area contributed by atoms with Crippen LogP contribution in [0.3, 0.4) is 0 Å². The summed E-state index contributed by atoms with van der Waals surface area (Å²) in [6.45, 7) is 8.54. The Balaban J connectivity index is 2.21. The average molecular weight is 260 g/mol. The fourth-order valence-electron chi connectivity index (χ4n) is 2.22. The van der Waals surface area contributed by atoms with Crippen molar-refractivity contribution >= 4 is 17.0 Å². The monoisotopic (exact) mass is 260 g/mol. The van der Waals surface area contributed by atoms with E-state index >= 15 is 0 Å². The lowest BCUT2D eigenvalue weighted by Gasteiger charge is -2.17. The van der Waals surface area contributed by atoms with Gasteiger partial charge in [-0.05, 0) is 38.8 Å². The average Bonchev–Trinajstić information content (AvgIpc) is 2.69. The Morgan fingerprint density at radius 2 is 2.00 bits per heavy atom. The fourth-order valence-corrected chi connectivity index (χ4v) is 3.15. The molecule has 1 aromatic heterocycles. The molecule has 0 fully saturated rings. The van der Waals surface area contributed by atoms with Crippen molar-refractivity contribution in [3.63, 3.8) is 0 Å².